The topological polar surface area (TPSA) is 111 Å². The Hall–Kier alpha value is -3.04. The van der Waals surface area contributed by atoms with E-state index in [0.29, 0.717) is 36.1 Å². The van der Waals surface area contributed by atoms with E-state index in [2.05, 4.69) is 15.0 Å². The number of nitrogens with zero attached hydrogens (tertiary/aromatic N) is 4. The van der Waals surface area contributed by atoms with Gasteiger partial charge in [-0.3, -0.25) is 0 Å². The van der Waals surface area contributed by atoms with Gasteiger partial charge in [-0.2, -0.15) is 4.31 Å². The van der Waals surface area contributed by atoms with E-state index in [0.717, 1.165) is 5.56 Å². The van der Waals surface area contributed by atoms with Crippen LogP contribution in [0.2, 0.25) is 0 Å². The quantitative estimate of drug-likeness (QED) is 0.733. The second-order valence-electron chi connectivity index (χ2n) is 6.01. The van der Waals surface area contributed by atoms with Crippen molar-refractivity contribution in [2.75, 3.05) is 12.3 Å². The van der Waals surface area contributed by atoms with E-state index < -0.39 is 10.0 Å². The predicted molar refractivity (Wildman–Crippen MR) is 98.5 cm³/mol. The monoisotopic (exact) mass is 383 g/mol. The lowest BCUT2D eigenvalue weighted by molar-refractivity contribution is 0.385. The first-order valence-corrected chi connectivity index (χ1v) is 9.75. The second-order valence-corrected chi connectivity index (χ2v) is 7.95. The molecule has 138 valence electrons. The summed E-state index contributed by atoms with van der Waals surface area (Å²) in [6.07, 6.45) is 3.47. The highest BCUT2D eigenvalue weighted by Gasteiger charge is 2.30. The van der Waals surface area contributed by atoms with E-state index in [4.69, 9.17) is 10.5 Å². The lowest BCUT2D eigenvalue weighted by Crippen LogP contribution is -2.36. The first kappa shape index (κ1) is 17.4. The lowest BCUT2D eigenvalue weighted by atomic mass is 10.1. The SMILES string of the molecule is Nc1ncnc2c1CCN(S(=O)(=O)c1ccc(Oc3ccccn3)cc1)C2. The maximum Gasteiger partial charge on any atom is 0.243 e. The molecule has 2 N–H and O–H groups in total. The number of benzene rings is 1. The van der Waals surface area contributed by atoms with Crippen LogP contribution in [0.5, 0.6) is 11.6 Å². The van der Waals surface area contributed by atoms with Crippen molar-refractivity contribution in [2.24, 2.45) is 0 Å². The minimum absolute atomic E-state index is 0.177. The molecule has 3 heterocycles. The zero-order valence-electron chi connectivity index (χ0n) is 14.3. The molecule has 0 amide bonds. The van der Waals surface area contributed by atoms with Crippen molar-refractivity contribution in [1.82, 2.24) is 19.3 Å². The van der Waals surface area contributed by atoms with E-state index in [-0.39, 0.29) is 11.4 Å². The van der Waals surface area contributed by atoms with E-state index in [1.807, 2.05) is 6.07 Å². The maximum atomic E-state index is 12.9. The summed E-state index contributed by atoms with van der Waals surface area (Å²) in [4.78, 5) is 12.4. The van der Waals surface area contributed by atoms with Gasteiger partial charge in [-0.15, -0.1) is 0 Å². The van der Waals surface area contributed by atoms with Gasteiger partial charge in [-0.1, -0.05) is 6.07 Å². The van der Waals surface area contributed by atoms with Crippen LogP contribution in [-0.4, -0.2) is 34.2 Å². The molecule has 1 aliphatic heterocycles. The largest absolute Gasteiger partial charge is 0.439 e. The first-order valence-electron chi connectivity index (χ1n) is 8.31. The van der Waals surface area contributed by atoms with Gasteiger partial charge in [-0.25, -0.2) is 23.4 Å². The highest BCUT2D eigenvalue weighted by atomic mass is 32.2. The number of ether oxygens (including phenoxy) is 1. The molecule has 2 aromatic heterocycles. The molecule has 4 rings (SSSR count). The number of anilines is 1. The Kier molecular flexibility index (Phi) is 4.46. The summed E-state index contributed by atoms with van der Waals surface area (Å²) in [5.74, 6) is 1.36. The molecule has 0 radical (unpaired) electrons. The fourth-order valence-electron chi connectivity index (χ4n) is 2.92. The molecule has 0 unspecified atom stereocenters. The minimum Gasteiger partial charge on any atom is -0.439 e. The van der Waals surface area contributed by atoms with Crippen LogP contribution in [-0.2, 0) is 23.0 Å². The van der Waals surface area contributed by atoms with Gasteiger partial charge < -0.3 is 10.5 Å². The van der Waals surface area contributed by atoms with E-state index in [1.54, 1.807) is 30.5 Å². The van der Waals surface area contributed by atoms with Gasteiger partial charge in [0.1, 0.15) is 17.9 Å². The van der Waals surface area contributed by atoms with Crippen molar-refractivity contribution in [3.63, 3.8) is 0 Å². The minimum atomic E-state index is -3.65. The van der Waals surface area contributed by atoms with Crippen LogP contribution in [0.1, 0.15) is 11.3 Å². The fourth-order valence-corrected chi connectivity index (χ4v) is 4.32. The van der Waals surface area contributed by atoms with E-state index in [1.165, 1.54) is 22.8 Å². The van der Waals surface area contributed by atoms with Crippen molar-refractivity contribution in [1.29, 1.82) is 0 Å². The highest BCUT2D eigenvalue weighted by Crippen LogP contribution is 2.27. The van der Waals surface area contributed by atoms with Crippen molar-refractivity contribution < 1.29 is 13.2 Å². The zero-order chi connectivity index (χ0) is 18.9. The van der Waals surface area contributed by atoms with Gasteiger partial charge in [0.25, 0.3) is 0 Å². The number of hydrogen-bond donors (Lipinski definition) is 1. The first-order chi connectivity index (χ1) is 13.0. The van der Waals surface area contributed by atoms with E-state index in [9.17, 15) is 8.42 Å². The van der Waals surface area contributed by atoms with Crippen LogP contribution in [0, 0.1) is 0 Å². The van der Waals surface area contributed by atoms with Crippen LogP contribution >= 0.6 is 0 Å². The molecule has 9 heteroatoms. The molecule has 0 spiro atoms. The Balaban J connectivity index is 1.54. The number of nitrogens with two attached hydrogens (primary N) is 1. The number of nitrogen functional groups attached to an aromatic ring is 1. The Labute approximate surface area is 156 Å². The number of rotatable bonds is 4. The number of aromatic nitrogens is 3. The van der Waals surface area contributed by atoms with Crippen LogP contribution < -0.4 is 10.5 Å². The van der Waals surface area contributed by atoms with Crippen molar-refractivity contribution >= 4 is 15.8 Å². The van der Waals surface area contributed by atoms with Crippen LogP contribution in [0.4, 0.5) is 5.82 Å². The van der Waals surface area contributed by atoms with E-state index >= 15 is 0 Å². The molecular formula is C18H17N5O3S. The molecule has 0 bridgehead atoms. The van der Waals surface area contributed by atoms with Gasteiger partial charge >= 0.3 is 0 Å². The Morgan fingerprint density at radius 1 is 1.04 bits per heavy atom. The average molecular weight is 383 g/mol. The summed E-state index contributed by atoms with van der Waals surface area (Å²) in [7, 11) is -3.65. The molecule has 8 nitrogen and oxygen atoms in total. The van der Waals surface area contributed by atoms with Crippen LogP contribution in [0.25, 0.3) is 0 Å². The molecule has 0 saturated heterocycles. The van der Waals surface area contributed by atoms with Gasteiger partial charge in [0, 0.05) is 24.4 Å². The Bertz CT molecular complexity index is 1060. The molecule has 0 atom stereocenters. The normalized spacial score (nSPS) is 14.5. The Morgan fingerprint density at radius 3 is 2.59 bits per heavy atom. The van der Waals surface area contributed by atoms with Gasteiger partial charge in [-0.05, 0) is 36.8 Å². The maximum absolute atomic E-state index is 12.9. The van der Waals surface area contributed by atoms with Gasteiger partial charge in [0.05, 0.1) is 17.1 Å². The number of hydrogen-bond acceptors (Lipinski definition) is 7. The number of fused-ring (bicyclic) bond motifs is 1. The molecule has 1 aromatic carbocycles. The zero-order valence-corrected chi connectivity index (χ0v) is 15.1. The van der Waals surface area contributed by atoms with Crippen LogP contribution in [0.15, 0.2) is 59.9 Å². The smallest absolute Gasteiger partial charge is 0.243 e. The molecule has 0 aliphatic carbocycles. The number of pyridine rings is 1. The summed E-state index contributed by atoms with van der Waals surface area (Å²) >= 11 is 0. The van der Waals surface area contributed by atoms with Crippen LogP contribution in [0.3, 0.4) is 0 Å². The summed E-state index contributed by atoms with van der Waals surface area (Å²) in [6.45, 7) is 0.510. The molecular weight excluding hydrogens is 366 g/mol. The Morgan fingerprint density at radius 2 is 1.85 bits per heavy atom. The van der Waals surface area contributed by atoms with Crippen molar-refractivity contribution in [2.45, 2.75) is 17.9 Å². The third kappa shape index (κ3) is 3.46. The third-order valence-corrected chi connectivity index (χ3v) is 6.19. The average Bonchev–Trinajstić information content (AvgIpc) is 2.69. The van der Waals surface area contributed by atoms with Gasteiger partial charge in [0.2, 0.25) is 15.9 Å². The molecule has 0 saturated carbocycles. The number of sulfonamides is 1. The summed E-state index contributed by atoms with van der Waals surface area (Å²) in [6, 6.07) is 11.6. The summed E-state index contributed by atoms with van der Waals surface area (Å²) < 4.78 is 32.9. The summed E-state index contributed by atoms with van der Waals surface area (Å²) in [5, 5.41) is 0. The third-order valence-electron chi connectivity index (χ3n) is 4.33. The second kappa shape index (κ2) is 6.93. The molecule has 27 heavy (non-hydrogen) atoms. The van der Waals surface area contributed by atoms with Crippen molar-refractivity contribution in [3.8, 4) is 11.6 Å². The molecule has 0 fully saturated rings. The highest BCUT2D eigenvalue weighted by molar-refractivity contribution is 7.89. The fraction of sp³-hybridized carbons (Fsp3) is 0.167. The standard InChI is InChI=1S/C18H17N5O3S/c19-18-15-8-10-23(11-16(15)21-12-22-18)27(24,25)14-6-4-13(5-7-14)26-17-3-1-2-9-20-17/h1-7,9,12H,8,10-11H2,(H2,19,21,22). The van der Waals surface area contributed by atoms with Gasteiger partial charge in [0.15, 0.2) is 0 Å². The predicted octanol–water partition coefficient (Wildman–Crippen LogP) is 1.99. The molecule has 3 aromatic rings. The summed E-state index contributed by atoms with van der Waals surface area (Å²) in [5.41, 5.74) is 7.32. The lowest BCUT2D eigenvalue weighted by Gasteiger charge is -2.27. The molecule has 1 aliphatic rings. The van der Waals surface area contributed by atoms with Crippen molar-refractivity contribution in [3.05, 3.63) is 66.2 Å².